The van der Waals surface area contributed by atoms with E-state index in [-0.39, 0.29) is 43.9 Å². The maximum atomic E-state index is 12.9. The molecule has 0 radical (unpaired) electrons. The van der Waals surface area contributed by atoms with Gasteiger partial charge in [0.05, 0.1) is 5.92 Å². The molecule has 7 heteroatoms. The summed E-state index contributed by atoms with van der Waals surface area (Å²) in [5, 5.41) is 12.2. The Kier molecular flexibility index (Phi) is 7.15. The number of aliphatic carboxylic acids is 1. The van der Waals surface area contributed by atoms with Gasteiger partial charge in [0.25, 0.3) is 0 Å². The van der Waals surface area contributed by atoms with Crippen molar-refractivity contribution in [2.45, 2.75) is 39.5 Å². The number of carboxylic acid groups (broad SMARTS) is 1. The van der Waals surface area contributed by atoms with Gasteiger partial charge in [0.15, 0.2) is 0 Å². The number of carboxylic acids is 1. The van der Waals surface area contributed by atoms with Crippen molar-refractivity contribution in [2.75, 3.05) is 26.2 Å². The van der Waals surface area contributed by atoms with Gasteiger partial charge in [-0.3, -0.25) is 9.59 Å². The number of carbonyl (C=O) groups is 3. The zero-order valence-electron chi connectivity index (χ0n) is 20.6. The zero-order chi connectivity index (χ0) is 25.2. The summed E-state index contributed by atoms with van der Waals surface area (Å²) in [6, 6.07) is 16.4. The van der Waals surface area contributed by atoms with Crippen LogP contribution in [0, 0.1) is 17.3 Å². The Bertz CT molecular complexity index is 1070. The van der Waals surface area contributed by atoms with E-state index < -0.39 is 23.4 Å². The molecule has 0 bridgehead atoms. The molecule has 1 aliphatic heterocycles. The van der Waals surface area contributed by atoms with Crippen LogP contribution in [0.15, 0.2) is 48.5 Å². The molecular weight excluding hydrogens is 444 g/mol. The van der Waals surface area contributed by atoms with E-state index in [1.54, 1.807) is 4.90 Å². The van der Waals surface area contributed by atoms with Crippen LogP contribution in [0.5, 0.6) is 0 Å². The van der Waals surface area contributed by atoms with Crippen LogP contribution < -0.4 is 5.32 Å². The molecule has 0 saturated carbocycles. The molecule has 2 N–H and O–H groups in total. The highest BCUT2D eigenvalue weighted by atomic mass is 16.5. The molecule has 2 amide bonds. The van der Waals surface area contributed by atoms with Crippen LogP contribution in [0.25, 0.3) is 11.1 Å². The SMILES string of the molecule is CC1CCN(C(=O)CC(C)(C)CNC(=O)OCC2c3ccccc3-c3ccccc32)CC1C(=O)O. The molecule has 4 rings (SSSR count). The van der Waals surface area contributed by atoms with Crippen molar-refractivity contribution >= 4 is 18.0 Å². The van der Waals surface area contributed by atoms with Gasteiger partial charge < -0.3 is 20.1 Å². The van der Waals surface area contributed by atoms with E-state index in [0.717, 1.165) is 11.1 Å². The fourth-order valence-electron chi connectivity index (χ4n) is 5.16. The average Bonchev–Trinajstić information content (AvgIpc) is 3.15. The average molecular weight is 479 g/mol. The Labute approximate surface area is 206 Å². The molecule has 0 spiro atoms. The largest absolute Gasteiger partial charge is 0.481 e. The number of likely N-dealkylation sites (tertiary alicyclic amines) is 1. The minimum atomic E-state index is -0.855. The van der Waals surface area contributed by atoms with E-state index in [0.29, 0.717) is 13.0 Å². The third-order valence-electron chi connectivity index (χ3n) is 7.31. The molecule has 2 aromatic rings. The monoisotopic (exact) mass is 478 g/mol. The number of nitrogens with zero attached hydrogens (tertiary/aromatic N) is 1. The number of carbonyl (C=O) groups excluding carboxylic acids is 2. The standard InChI is InChI=1S/C28H34N2O5/c1-18-12-13-30(15-23(18)26(32)33)25(31)14-28(2,3)17-29-27(34)35-16-24-21-10-6-4-8-19(21)20-9-5-7-11-22(20)24/h4-11,18,23-24H,12-17H2,1-3H3,(H,29,34)(H,32,33). The Hall–Kier alpha value is -3.35. The lowest BCUT2D eigenvalue weighted by atomic mass is 9.85. The van der Waals surface area contributed by atoms with Crippen molar-refractivity contribution in [2.24, 2.45) is 17.3 Å². The predicted molar refractivity (Wildman–Crippen MR) is 133 cm³/mol. The second-order valence-electron chi connectivity index (χ2n) is 10.6. The highest BCUT2D eigenvalue weighted by Crippen LogP contribution is 2.44. The van der Waals surface area contributed by atoms with Gasteiger partial charge in [-0.25, -0.2) is 4.79 Å². The van der Waals surface area contributed by atoms with E-state index in [2.05, 4.69) is 29.6 Å². The van der Waals surface area contributed by atoms with E-state index >= 15 is 0 Å². The number of hydrogen-bond donors (Lipinski definition) is 2. The first kappa shape index (κ1) is 24.8. The van der Waals surface area contributed by atoms with E-state index in [1.807, 2.05) is 45.0 Å². The maximum absolute atomic E-state index is 12.9. The van der Waals surface area contributed by atoms with Crippen molar-refractivity contribution in [3.8, 4) is 11.1 Å². The van der Waals surface area contributed by atoms with Crippen LogP contribution in [0.4, 0.5) is 4.79 Å². The maximum Gasteiger partial charge on any atom is 0.407 e. The van der Waals surface area contributed by atoms with E-state index in [9.17, 15) is 19.5 Å². The lowest BCUT2D eigenvalue weighted by molar-refractivity contribution is -0.148. The van der Waals surface area contributed by atoms with Crippen LogP contribution in [0.3, 0.4) is 0 Å². The Morgan fingerprint density at radius 3 is 2.26 bits per heavy atom. The summed E-state index contributed by atoms with van der Waals surface area (Å²) >= 11 is 0. The van der Waals surface area contributed by atoms with Gasteiger partial charge in [-0.05, 0) is 40.0 Å². The molecule has 1 aliphatic carbocycles. The molecule has 7 nitrogen and oxygen atoms in total. The normalized spacial score (nSPS) is 19.6. The number of ether oxygens (including phenoxy) is 1. The molecule has 2 aromatic carbocycles. The summed E-state index contributed by atoms with van der Waals surface area (Å²) in [4.78, 5) is 38.5. The first-order chi connectivity index (χ1) is 16.7. The number of nitrogens with one attached hydrogen (secondary N) is 1. The van der Waals surface area contributed by atoms with Crippen molar-refractivity contribution < 1.29 is 24.2 Å². The topological polar surface area (TPSA) is 95.9 Å². The molecule has 2 atom stereocenters. The number of benzene rings is 2. The zero-order valence-corrected chi connectivity index (χ0v) is 20.6. The van der Waals surface area contributed by atoms with Gasteiger partial charge in [-0.2, -0.15) is 0 Å². The summed E-state index contributed by atoms with van der Waals surface area (Å²) in [5.74, 6) is -1.42. The van der Waals surface area contributed by atoms with Crippen molar-refractivity contribution in [3.63, 3.8) is 0 Å². The molecule has 1 saturated heterocycles. The Morgan fingerprint density at radius 2 is 1.66 bits per heavy atom. The van der Waals surface area contributed by atoms with Gasteiger partial charge in [-0.1, -0.05) is 69.3 Å². The van der Waals surface area contributed by atoms with Gasteiger partial charge in [-0.15, -0.1) is 0 Å². The summed E-state index contributed by atoms with van der Waals surface area (Å²) in [6.07, 6.45) is 0.392. The van der Waals surface area contributed by atoms with Crippen molar-refractivity contribution in [3.05, 3.63) is 59.7 Å². The quantitative estimate of drug-likeness (QED) is 0.610. The molecule has 2 unspecified atom stereocenters. The lowest BCUT2D eigenvalue weighted by Gasteiger charge is -2.36. The minimum Gasteiger partial charge on any atom is -0.481 e. The van der Waals surface area contributed by atoms with Crippen molar-refractivity contribution in [1.82, 2.24) is 10.2 Å². The summed E-state index contributed by atoms with van der Waals surface area (Å²) in [5.41, 5.74) is 4.17. The summed E-state index contributed by atoms with van der Waals surface area (Å²) in [7, 11) is 0. The third-order valence-corrected chi connectivity index (χ3v) is 7.31. The molecule has 1 fully saturated rings. The molecular formula is C28H34N2O5. The smallest absolute Gasteiger partial charge is 0.407 e. The number of fused-ring (bicyclic) bond motifs is 3. The van der Waals surface area contributed by atoms with Crippen LogP contribution in [0.2, 0.25) is 0 Å². The summed E-state index contributed by atoms with van der Waals surface area (Å²) in [6.45, 7) is 7.07. The second kappa shape index (κ2) is 10.1. The van der Waals surface area contributed by atoms with Crippen molar-refractivity contribution in [1.29, 1.82) is 0 Å². The number of alkyl carbamates (subject to hydrolysis) is 1. The molecule has 186 valence electrons. The molecule has 2 aliphatic rings. The van der Waals surface area contributed by atoms with E-state index in [4.69, 9.17) is 4.74 Å². The van der Waals surface area contributed by atoms with Crippen LogP contribution >= 0.6 is 0 Å². The third kappa shape index (κ3) is 5.50. The number of piperidine rings is 1. The fourth-order valence-corrected chi connectivity index (χ4v) is 5.16. The number of hydrogen-bond acceptors (Lipinski definition) is 4. The van der Waals surface area contributed by atoms with Crippen LogP contribution in [-0.4, -0.2) is 54.2 Å². The van der Waals surface area contributed by atoms with Gasteiger partial charge in [0.2, 0.25) is 5.91 Å². The predicted octanol–water partition coefficient (Wildman–Crippen LogP) is 4.51. The summed E-state index contributed by atoms with van der Waals surface area (Å²) < 4.78 is 5.60. The second-order valence-corrected chi connectivity index (χ2v) is 10.6. The minimum absolute atomic E-state index is 0.00795. The van der Waals surface area contributed by atoms with Crippen LogP contribution in [-0.2, 0) is 14.3 Å². The van der Waals surface area contributed by atoms with Gasteiger partial charge >= 0.3 is 12.1 Å². The van der Waals surface area contributed by atoms with Crippen LogP contribution in [0.1, 0.15) is 50.7 Å². The highest BCUT2D eigenvalue weighted by Gasteiger charge is 2.35. The molecule has 35 heavy (non-hydrogen) atoms. The lowest BCUT2D eigenvalue weighted by Crippen LogP contribution is -2.47. The first-order valence-corrected chi connectivity index (χ1v) is 12.3. The Balaban J connectivity index is 1.29. The van der Waals surface area contributed by atoms with Gasteiger partial charge in [0, 0.05) is 32.0 Å². The number of amides is 2. The highest BCUT2D eigenvalue weighted by molar-refractivity contribution is 5.80. The number of rotatable bonds is 7. The Morgan fingerprint density at radius 1 is 1.06 bits per heavy atom. The van der Waals surface area contributed by atoms with Gasteiger partial charge in [0.1, 0.15) is 6.61 Å². The fraction of sp³-hybridized carbons (Fsp3) is 0.464. The molecule has 1 heterocycles. The molecule has 0 aromatic heterocycles. The first-order valence-electron chi connectivity index (χ1n) is 12.3. The van der Waals surface area contributed by atoms with E-state index in [1.165, 1.54) is 11.1 Å².